The molecule has 3 rings (SSSR count). The molecule has 0 saturated carbocycles. The highest BCUT2D eigenvalue weighted by atomic mass is 19.1. The molecule has 1 heterocycles. The van der Waals surface area contributed by atoms with Crippen molar-refractivity contribution in [1.29, 1.82) is 0 Å². The van der Waals surface area contributed by atoms with Crippen LogP contribution in [0.5, 0.6) is 0 Å². The van der Waals surface area contributed by atoms with Gasteiger partial charge in [-0.1, -0.05) is 24.8 Å². The van der Waals surface area contributed by atoms with Crippen LogP contribution in [0.4, 0.5) is 4.39 Å². The molecule has 0 unspecified atom stereocenters. The highest BCUT2D eigenvalue weighted by molar-refractivity contribution is 5.71. The van der Waals surface area contributed by atoms with Crippen LogP contribution in [0.3, 0.4) is 0 Å². The van der Waals surface area contributed by atoms with E-state index in [9.17, 15) is 4.39 Å². The predicted molar refractivity (Wildman–Crippen MR) is 67.8 cm³/mol. The van der Waals surface area contributed by atoms with Gasteiger partial charge in [-0.15, -0.1) is 0 Å². The van der Waals surface area contributed by atoms with Crippen molar-refractivity contribution in [2.45, 2.75) is 19.4 Å². The van der Waals surface area contributed by atoms with E-state index in [1.165, 1.54) is 17.6 Å². The van der Waals surface area contributed by atoms with Gasteiger partial charge in [0.2, 0.25) is 0 Å². The average molecular weight is 229 g/mol. The average Bonchev–Trinajstić information content (AvgIpc) is 2.89. The minimum atomic E-state index is -0.166. The molecule has 0 spiro atoms. The Balaban J connectivity index is 1.89. The summed E-state index contributed by atoms with van der Waals surface area (Å²) in [6.07, 6.45) is 3.50. The van der Waals surface area contributed by atoms with Gasteiger partial charge in [-0.2, -0.15) is 0 Å². The molecule has 88 valence electrons. The van der Waals surface area contributed by atoms with Crippen LogP contribution in [0.2, 0.25) is 0 Å². The lowest BCUT2D eigenvalue weighted by atomic mass is 9.95. The van der Waals surface area contributed by atoms with Crippen LogP contribution in [0.1, 0.15) is 18.9 Å². The third-order valence-electron chi connectivity index (χ3n) is 3.82. The summed E-state index contributed by atoms with van der Waals surface area (Å²) in [5, 5.41) is 0. The Hall–Kier alpha value is -1.57. The summed E-state index contributed by atoms with van der Waals surface area (Å²) in [7, 11) is 0. The molecule has 2 aliphatic rings. The Morgan fingerprint density at radius 1 is 1.35 bits per heavy atom. The van der Waals surface area contributed by atoms with Gasteiger partial charge in [-0.25, -0.2) is 4.39 Å². The molecule has 1 fully saturated rings. The predicted octanol–water partition coefficient (Wildman–Crippen LogP) is 3.45. The van der Waals surface area contributed by atoms with Crippen molar-refractivity contribution in [2.75, 3.05) is 6.54 Å². The summed E-state index contributed by atoms with van der Waals surface area (Å²) in [4.78, 5) is 2.36. The monoisotopic (exact) mass is 229 g/mol. The molecular weight excluding hydrogens is 213 g/mol. The van der Waals surface area contributed by atoms with E-state index < -0.39 is 0 Å². The highest BCUT2D eigenvalue weighted by Gasteiger charge is 2.38. The first-order chi connectivity index (χ1) is 8.15. The molecule has 2 heteroatoms. The fraction of sp³-hybridized carbons (Fsp3) is 0.333. The molecule has 0 aromatic heterocycles. The first kappa shape index (κ1) is 10.6. The van der Waals surface area contributed by atoms with Crippen molar-refractivity contribution in [1.82, 2.24) is 4.90 Å². The highest BCUT2D eigenvalue weighted by Crippen LogP contribution is 2.43. The quantitative estimate of drug-likeness (QED) is 0.750. The molecule has 2 bridgehead atoms. The fourth-order valence-corrected chi connectivity index (χ4v) is 3.01. The van der Waals surface area contributed by atoms with Crippen LogP contribution in [-0.2, 0) is 0 Å². The number of likely N-dealkylation sites (tertiary alicyclic amines) is 1. The lowest BCUT2D eigenvalue weighted by Gasteiger charge is -2.28. The van der Waals surface area contributed by atoms with Crippen molar-refractivity contribution in [2.24, 2.45) is 5.92 Å². The number of fused-ring (bicyclic) bond motifs is 2. The van der Waals surface area contributed by atoms with E-state index in [-0.39, 0.29) is 5.82 Å². The molecule has 1 aromatic rings. The summed E-state index contributed by atoms with van der Waals surface area (Å²) in [6, 6.07) is 7.34. The van der Waals surface area contributed by atoms with Crippen molar-refractivity contribution >= 4 is 5.57 Å². The second-order valence-corrected chi connectivity index (χ2v) is 5.02. The van der Waals surface area contributed by atoms with Crippen molar-refractivity contribution < 1.29 is 4.39 Å². The van der Waals surface area contributed by atoms with Gasteiger partial charge in [-0.3, -0.25) is 0 Å². The summed E-state index contributed by atoms with van der Waals surface area (Å²) < 4.78 is 12.9. The van der Waals surface area contributed by atoms with E-state index >= 15 is 0 Å². The third-order valence-corrected chi connectivity index (χ3v) is 3.82. The molecule has 1 aliphatic carbocycles. The van der Waals surface area contributed by atoms with Crippen LogP contribution in [0.15, 0.2) is 42.6 Å². The van der Waals surface area contributed by atoms with E-state index in [0.717, 1.165) is 12.2 Å². The fourth-order valence-electron chi connectivity index (χ4n) is 3.01. The largest absolute Gasteiger partial charge is 0.368 e. The number of rotatable bonds is 2. The summed E-state index contributed by atoms with van der Waals surface area (Å²) in [5.74, 6) is 0.420. The second-order valence-electron chi connectivity index (χ2n) is 5.02. The van der Waals surface area contributed by atoms with Gasteiger partial charge in [0.1, 0.15) is 5.82 Å². The molecule has 2 atom stereocenters. The van der Waals surface area contributed by atoms with Crippen LogP contribution < -0.4 is 0 Å². The van der Waals surface area contributed by atoms with Crippen LogP contribution in [0, 0.1) is 11.7 Å². The molecular formula is C15H16FN. The van der Waals surface area contributed by atoms with E-state index in [2.05, 4.69) is 24.5 Å². The zero-order chi connectivity index (χ0) is 12.0. The Morgan fingerprint density at radius 3 is 2.59 bits per heavy atom. The van der Waals surface area contributed by atoms with Crippen LogP contribution in [0.25, 0.3) is 5.57 Å². The van der Waals surface area contributed by atoms with Gasteiger partial charge in [0.15, 0.2) is 0 Å². The number of allylic oxidation sites excluding steroid dienone is 1. The maximum Gasteiger partial charge on any atom is 0.123 e. The van der Waals surface area contributed by atoms with Crippen molar-refractivity contribution in [3.63, 3.8) is 0 Å². The molecule has 17 heavy (non-hydrogen) atoms. The number of halogens is 1. The Kier molecular flexibility index (Phi) is 2.32. The maximum absolute atomic E-state index is 12.9. The minimum Gasteiger partial charge on any atom is -0.368 e. The lowest BCUT2D eigenvalue weighted by Crippen LogP contribution is -2.28. The molecule has 1 aliphatic heterocycles. The second kappa shape index (κ2) is 3.73. The lowest BCUT2D eigenvalue weighted by molar-refractivity contribution is 0.359. The van der Waals surface area contributed by atoms with Gasteiger partial charge in [0, 0.05) is 24.2 Å². The topological polar surface area (TPSA) is 3.24 Å². The van der Waals surface area contributed by atoms with Crippen LogP contribution in [-0.4, -0.2) is 17.5 Å². The minimum absolute atomic E-state index is 0.166. The molecule has 0 N–H and O–H groups in total. The molecule has 1 nitrogen and oxygen atoms in total. The first-order valence-corrected chi connectivity index (χ1v) is 6.05. The van der Waals surface area contributed by atoms with Gasteiger partial charge < -0.3 is 4.90 Å². The van der Waals surface area contributed by atoms with Crippen LogP contribution >= 0.6 is 0 Å². The summed E-state index contributed by atoms with van der Waals surface area (Å²) in [6.45, 7) is 7.13. The Morgan fingerprint density at radius 2 is 2.06 bits per heavy atom. The number of hydrogen-bond donors (Lipinski definition) is 0. The van der Waals surface area contributed by atoms with Crippen molar-refractivity contribution in [3.8, 4) is 0 Å². The van der Waals surface area contributed by atoms with Gasteiger partial charge in [0.25, 0.3) is 0 Å². The molecule has 0 radical (unpaired) electrons. The van der Waals surface area contributed by atoms with Gasteiger partial charge in [0.05, 0.1) is 0 Å². The van der Waals surface area contributed by atoms with Crippen molar-refractivity contribution in [3.05, 3.63) is 54.0 Å². The Bertz CT molecular complexity index is 486. The molecule has 1 aromatic carbocycles. The number of hydrogen-bond acceptors (Lipinski definition) is 1. The number of nitrogens with zero attached hydrogens (tertiary/aromatic N) is 1. The summed E-state index contributed by atoms with van der Waals surface area (Å²) in [5.41, 5.74) is 3.69. The maximum atomic E-state index is 12.9. The van der Waals surface area contributed by atoms with E-state index in [1.807, 2.05) is 12.1 Å². The zero-order valence-electron chi connectivity index (χ0n) is 9.99. The first-order valence-electron chi connectivity index (χ1n) is 6.05. The number of benzene rings is 1. The zero-order valence-corrected chi connectivity index (χ0v) is 9.99. The normalized spacial score (nSPS) is 26.2. The summed E-state index contributed by atoms with van der Waals surface area (Å²) >= 11 is 0. The standard InChI is InChI=1S/C15H16FN/c1-10(2)17-9-12-7-14(17)8-15(12)11-3-5-13(16)6-4-11/h3-6,8,12,14H,1,7,9H2,2H3/t12-,14-/m0/s1. The third kappa shape index (κ3) is 1.68. The smallest absolute Gasteiger partial charge is 0.123 e. The van der Waals surface area contributed by atoms with Gasteiger partial charge in [-0.05, 0) is 36.6 Å². The molecule has 0 amide bonds. The SMILES string of the molecule is C=C(C)N1C[C@@H]2C[C@H]1C=C2c1ccc(F)cc1. The van der Waals surface area contributed by atoms with E-state index in [4.69, 9.17) is 0 Å². The Labute approximate surface area is 101 Å². The van der Waals surface area contributed by atoms with E-state index in [1.54, 1.807) is 12.1 Å². The molecule has 1 saturated heterocycles. The van der Waals surface area contributed by atoms with E-state index in [0.29, 0.717) is 12.0 Å². The van der Waals surface area contributed by atoms with Gasteiger partial charge >= 0.3 is 0 Å².